The van der Waals surface area contributed by atoms with Crippen LogP contribution in [0.25, 0.3) is 0 Å². The summed E-state index contributed by atoms with van der Waals surface area (Å²) in [5, 5.41) is 0. The molecule has 2 rings (SSSR count). The molecule has 58 valence electrons. The van der Waals surface area contributed by atoms with Crippen molar-refractivity contribution in [3.63, 3.8) is 0 Å². The second-order valence-corrected chi connectivity index (χ2v) is 3.47. The Morgan fingerprint density at radius 3 is 2.90 bits per heavy atom. The first-order valence-electron chi connectivity index (χ1n) is 4.18. The van der Waals surface area contributed by atoms with E-state index >= 15 is 0 Å². The number of hydrogen-bond donors (Lipinski definition) is 0. The molecule has 10 heavy (non-hydrogen) atoms. The fourth-order valence-electron chi connectivity index (χ4n) is 1.78. The van der Waals surface area contributed by atoms with Crippen LogP contribution in [0.2, 0.25) is 0 Å². The lowest BCUT2D eigenvalue weighted by molar-refractivity contribution is 0.267. The molecular weight excluding hydrogens is 126 g/mol. The first kappa shape index (κ1) is 6.62. The maximum atomic E-state index is 5.19. The Hall–Kier alpha value is -0.0800. The molecule has 2 heterocycles. The Morgan fingerprint density at radius 1 is 1.60 bits per heavy atom. The van der Waals surface area contributed by atoms with E-state index in [0.717, 1.165) is 12.6 Å². The molecule has 2 saturated heterocycles. The topological polar surface area (TPSA) is 15.8 Å². The summed E-state index contributed by atoms with van der Waals surface area (Å²) in [6.45, 7) is 2.31. The summed E-state index contributed by atoms with van der Waals surface area (Å²) >= 11 is 0. The molecule has 0 aromatic rings. The van der Waals surface area contributed by atoms with Crippen molar-refractivity contribution in [3.8, 4) is 0 Å². The average Bonchev–Trinajstić information content (AvgIpc) is 2.62. The summed E-state index contributed by atoms with van der Waals surface area (Å²) in [5.74, 6) is 0. The van der Waals surface area contributed by atoms with Crippen LogP contribution in [0.3, 0.4) is 0 Å². The van der Waals surface area contributed by atoms with Crippen LogP contribution in [0.4, 0.5) is 0 Å². The van der Waals surface area contributed by atoms with Crippen LogP contribution < -0.4 is 0 Å². The van der Waals surface area contributed by atoms with Crippen molar-refractivity contribution in [1.82, 2.24) is 4.90 Å². The highest BCUT2D eigenvalue weighted by Crippen LogP contribution is 2.24. The van der Waals surface area contributed by atoms with Crippen molar-refractivity contribution in [3.05, 3.63) is 0 Å². The number of ether oxygens (including phenoxy) is 1. The van der Waals surface area contributed by atoms with Gasteiger partial charge in [-0.1, -0.05) is 0 Å². The van der Waals surface area contributed by atoms with Crippen molar-refractivity contribution >= 4 is 0 Å². The minimum absolute atomic E-state index is 0.616. The molecule has 2 aliphatic heterocycles. The van der Waals surface area contributed by atoms with Gasteiger partial charge in [-0.25, -0.2) is 0 Å². The van der Waals surface area contributed by atoms with Crippen LogP contribution in [-0.4, -0.2) is 37.2 Å². The van der Waals surface area contributed by atoms with Crippen molar-refractivity contribution < 1.29 is 4.74 Å². The van der Waals surface area contributed by atoms with E-state index in [1.165, 1.54) is 25.8 Å². The maximum Gasteiger partial charge on any atom is 0.0824 e. The molecule has 0 spiro atoms. The molecule has 0 aromatic carbocycles. The van der Waals surface area contributed by atoms with Gasteiger partial charge in [-0.15, -0.1) is 0 Å². The van der Waals surface area contributed by atoms with Crippen LogP contribution in [0.5, 0.6) is 0 Å². The molecule has 0 N–H and O–H groups in total. The van der Waals surface area contributed by atoms with E-state index in [9.17, 15) is 0 Å². The van der Waals surface area contributed by atoms with Crippen molar-refractivity contribution in [1.29, 1.82) is 0 Å². The van der Waals surface area contributed by atoms with E-state index in [4.69, 9.17) is 4.74 Å². The molecule has 0 aromatic heterocycles. The molecule has 2 aliphatic rings. The van der Waals surface area contributed by atoms with Gasteiger partial charge in [0.2, 0.25) is 0 Å². The normalized spacial score (nSPS) is 40.5. The molecule has 0 amide bonds. The SMILES string of the molecule is CN1CCCC1C[C@H]1CO1. The van der Waals surface area contributed by atoms with Gasteiger partial charge in [0.25, 0.3) is 0 Å². The number of hydrogen-bond acceptors (Lipinski definition) is 2. The van der Waals surface area contributed by atoms with Crippen molar-refractivity contribution in [2.45, 2.75) is 31.4 Å². The number of epoxide rings is 1. The fraction of sp³-hybridized carbons (Fsp3) is 1.00. The van der Waals surface area contributed by atoms with Gasteiger partial charge < -0.3 is 9.64 Å². The summed E-state index contributed by atoms with van der Waals surface area (Å²) in [6, 6.07) is 0.826. The summed E-state index contributed by atoms with van der Waals surface area (Å²) in [4.78, 5) is 2.46. The molecule has 0 saturated carbocycles. The van der Waals surface area contributed by atoms with Gasteiger partial charge in [-0.2, -0.15) is 0 Å². The van der Waals surface area contributed by atoms with Crippen LogP contribution in [0.15, 0.2) is 0 Å². The molecule has 2 fully saturated rings. The average molecular weight is 141 g/mol. The quantitative estimate of drug-likeness (QED) is 0.530. The minimum Gasteiger partial charge on any atom is -0.373 e. The Kier molecular flexibility index (Phi) is 1.66. The fourth-order valence-corrected chi connectivity index (χ4v) is 1.78. The summed E-state index contributed by atoms with van der Waals surface area (Å²) in [6.07, 6.45) is 4.66. The van der Waals surface area contributed by atoms with E-state index in [-0.39, 0.29) is 0 Å². The zero-order valence-electron chi connectivity index (χ0n) is 6.55. The molecular formula is C8H15NO. The zero-order valence-corrected chi connectivity index (χ0v) is 6.55. The predicted octanol–water partition coefficient (Wildman–Crippen LogP) is 0.869. The number of nitrogens with zero attached hydrogens (tertiary/aromatic N) is 1. The van der Waals surface area contributed by atoms with Crippen molar-refractivity contribution in [2.24, 2.45) is 0 Å². The molecule has 1 unspecified atom stereocenters. The lowest BCUT2D eigenvalue weighted by Crippen LogP contribution is -2.26. The number of likely N-dealkylation sites (tertiary alicyclic amines) is 1. The lowest BCUT2D eigenvalue weighted by atomic mass is 10.1. The van der Waals surface area contributed by atoms with E-state index in [1.807, 2.05) is 0 Å². The Bertz CT molecular complexity index is 122. The second kappa shape index (κ2) is 2.51. The molecule has 0 radical (unpaired) electrons. The summed E-state index contributed by atoms with van der Waals surface area (Å²) in [7, 11) is 2.22. The van der Waals surface area contributed by atoms with Gasteiger partial charge in [0.05, 0.1) is 12.7 Å². The van der Waals surface area contributed by atoms with Crippen LogP contribution in [0, 0.1) is 0 Å². The van der Waals surface area contributed by atoms with Gasteiger partial charge in [0.15, 0.2) is 0 Å². The van der Waals surface area contributed by atoms with E-state index in [0.29, 0.717) is 6.10 Å². The molecule has 0 bridgehead atoms. The van der Waals surface area contributed by atoms with E-state index in [1.54, 1.807) is 0 Å². The highest BCUT2D eigenvalue weighted by molar-refractivity contribution is 4.83. The number of rotatable bonds is 2. The third-order valence-electron chi connectivity index (χ3n) is 2.61. The van der Waals surface area contributed by atoms with Gasteiger partial charge in [-0.3, -0.25) is 0 Å². The Morgan fingerprint density at radius 2 is 2.40 bits per heavy atom. The standard InChI is InChI=1S/C8H15NO/c1-9-4-2-3-7(9)5-8-6-10-8/h7-8H,2-6H2,1H3/t7?,8-/m0/s1. The first-order chi connectivity index (χ1) is 4.86. The summed E-state index contributed by atoms with van der Waals surface area (Å²) < 4.78 is 5.19. The van der Waals surface area contributed by atoms with Crippen LogP contribution in [0.1, 0.15) is 19.3 Å². The van der Waals surface area contributed by atoms with Gasteiger partial charge in [0.1, 0.15) is 0 Å². The van der Waals surface area contributed by atoms with E-state index in [2.05, 4.69) is 11.9 Å². The molecule has 2 atom stereocenters. The second-order valence-electron chi connectivity index (χ2n) is 3.47. The summed E-state index contributed by atoms with van der Waals surface area (Å²) in [5.41, 5.74) is 0. The Balaban J connectivity index is 1.79. The van der Waals surface area contributed by atoms with Crippen LogP contribution in [-0.2, 0) is 4.74 Å². The highest BCUT2D eigenvalue weighted by atomic mass is 16.6. The largest absolute Gasteiger partial charge is 0.373 e. The van der Waals surface area contributed by atoms with Gasteiger partial charge >= 0.3 is 0 Å². The monoisotopic (exact) mass is 141 g/mol. The maximum absolute atomic E-state index is 5.19. The van der Waals surface area contributed by atoms with Crippen molar-refractivity contribution in [2.75, 3.05) is 20.2 Å². The van der Waals surface area contributed by atoms with Crippen LogP contribution >= 0.6 is 0 Å². The van der Waals surface area contributed by atoms with Gasteiger partial charge in [-0.05, 0) is 32.9 Å². The molecule has 2 heteroatoms. The Labute approximate surface area is 62.2 Å². The molecule has 0 aliphatic carbocycles. The van der Waals surface area contributed by atoms with E-state index < -0.39 is 0 Å². The minimum atomic E-state index is 0.616. The third kappa shape index (κ3) is 1.32. The lowest BCUT2D eigenvalue weighted by Gasteiger charge is -2.17. The van der Waals surface area contributed by atoms with Gasteiger partial charge in [0, 0.05) is 6.04 Å². The predicted molar refractivity (Wildman–Crippen MR) is 40.0 cm³/mol. The first-order valence-corrected chi connectivity index (χ1v) is 4.18. The smallest absolute Gasteiger partial charge is 0.0824 e. The molecule has 2 nitrogen and oxygen atoms in total. The third-order valence-corrected chi connectivity index (χ3v) is 2.61. The zero-order chi connectivity index (χ0) is 6.97. The highest BCUT2D eigenvalue weighted by Gasteiger charge is 2.30.